The van der Waals surface area contributed by atoms with E-state index >= 15 is 0 Å². The van der Waals surface area contributed by atoms with E-state index < -0.39 is 50.5 Å². The third kappa shape index (κ3) is 5.45. The second kappa shape index (κ2) is 8.77. The number of halogens is 5. The van der Waals surface area contributed by atoms with Crippen LogP contribution in [-0.2, 0) is 15.9 Å². The van der Waals surface area contributed by atoms with Gasteiger partial charge in [0.25, 0.3) is 5.91 Å². The summed E-state index contributed by atoms with van der Waals surface area (Å²) in [4.78, 5) is 16.4. The molecule has 0 bridgehead atoms. The number of ether oxygens (including phenoxy) is 1. The molecule has 1 atom stereocenters. The Labute approximate surface area is 185 Å². The molecule has 3 rings (SSSR count). The second-order valence-electron chi connectivity index (χ2n) is 6.94. The molecule has 0 aliphatic heterocycles. The van der Waals surface area contributed by atoms with Crippen molar-refractivity contribution in [2.24, 2.45) is 0 Å². The highest BCUT2D eigenvalue weighted by Crippen LogP contribution is 2.38. The number of nitrogens with zero attached hydrogens (tertiary/aromatic N) is 1. The molecule has 0 aliphatic rings. The number of pyridine rings is 1. The Balaban J connectivity index is 2.08. The number of hydrogen-bond donors (Lipinski definition) is 2. The average molecular weight is 485 g/mol. The molecule has 2 N–H and O–H groups in total. The predicted octanol–water partition coefficient (Wildman–Crippen LogP) is 5.77. The molecule has 3 aromatic rings. The van der Waals surface area contributed by atoms with Gasteiger partial charge in [-0.05, 0) is 49.4 Å². The first-order valence-corrected chi connectivity index (χ1v) is 11.1. The maximum atomic E-state index is 14.9. The van der Waals surface area contributed by atoms with E-state index in [4.69, 9.17) is 9.52 Å². The van der Waals surface area contributed by atoms with Crippen LogP contribution < -0.4 is 10.1 Å². The van der Waals surface area contributed by atoms with Gasteiger partial charge in [0.15, 0.2) is 5.82 Å². The van der Waals surface area contributed by atoms with Gasteiger partial charge in [-0.3, -0.25) is 4.79 Å². The van der Waals surface area contributed by atoms with E-state index in [2.05, 4.69) is 10.3 Å². The van der Waals surface area contributed by atoms with Crippen LogP contribution in [0.3, 0.4) is 0 Å². The number of aryl methyl sites for hydroxylation is 1. The monoisotopic (exact) mass is 485 g/mol. The summed E-state index contributed by atoms with van der Waals surface area (Å²) >= 11 is 0. The molecule has 1 amide bonds. The Kier molecular flexibility index (Phi) is 6.41. The minimum atomic E-state index is -5.09. The minimum absolute atomic E-state index is 0.0162. The van der Waals surface area contributed by atoms with Crippen molar-refractivity contribution in [1.29, 1.82) is 4.78 Å². The van der Waals surface area contributed by atoms with Crippen molar-refractivity contribution in [2.75, 3.05) is 11.6 Å². The Morgan fingerprint density at radius 3 is 2.36 bits per heavy atom. The van der Waals surface area contributed by atoms with Crippen LogP contribution in [0.2, 0.25) is 0 Å². The topological polar surface area (TPSA) is 92.1 Å². The van der Waals surface area contributed by atoms with Crippen LogP contribution in [0.15, 0.2) is 53.4 Å². The maximum Gasteiger partial charge on any atom is 0.419 e. The predicted molar refractivity (Wildman–Crippen MR) is 110 cm³/mol. The van der Waals surface area contributed by atoms with Gasteiger partial charge in [-0.2, -0.15) is 17.6 Å². The maximum absolute atomic E-state index is 14.9. The van der Waals surface area contributed by atoms with Gasteiger partial charge < -0.3 is 10.1 Å². The number of carbonyl (C=O) groups is 1. The van der Waals surface area contributed by atoms with Crippen molar-refractivity contribution in [3.63, 3.8) is 0 Å². The third-order valence-corrected chi connectivity index (χ3v) is 5.55. The van der Waals surface area contributed by atoms with Crippen LogP contribution in [-0.4, -0.2) is 21.4 Å². The van der Waals surface area contributed by atoms with Gasteiger partial charge in [0, 0.05) is 16.8 Å². The number of rotatable bonds is 5. The fourth-order valence-electron chi connectivity index (χ4n) is 2.83. The number of nitrogens with one attached hydrogen (secondary N) is 2. The lowest BCUT2D eigenvalue weighted by Gasteiger charge is -2.17. The van der Waals surface area contributed by atoms with Crippen LogP contribution in [0.4, 0.5) is 27.6 Å². The Morgan fingerprint density at radius 1 is 1.09 bits per heavy atom. The van der Waals surface area contributed by atoms with Gasteiger partial charge in [0.2, 0.25) is 5.95 Å². The SMILES string of the molecule is Cc1nc(F)ccc1Oc1ccc(C(F)(F)F)c(F)c1C(=O)Nc1cccc([S@](C)(=N)=O)c1. The molecule has 0 aliphatic carbocycles. The van der Waals surface area contributed by atoms with Crippen molar-refractivity contribution in [1.82, 2.24) is 4.98 Å². The van der Waals surface area contributed by atoms with E-state index in [1.807, 2.05) is 0 Å². The van der Waals surface area contributed by atoms with Crippen molar-refractivity contribution >= 4 is 21.3 Å². The Hall–Kier alpha value is -3.54. The summed E-state index contributed by atoms with van der Waals surface area (Å²) < 4.78 is 92.9. The summed E-state index contributed by atoms with van der Waals surface area (Å²) in [5.41, 5.74) is -2.75. The van der Waals surface area contributed by atoms with Gasteiger partial charge in [-0.15, -0.1) is 0 Å². The van der Waals surface area contributed by atoms with Gasteiger partial charge in [-0.1, -0.05) is 6.07 Å². The molecule has 12 heteroatoms. The molecule has 0 saturated carbocycles. The number of benzene rings is 2. The molecular formula is C21H16F5N3O3S. The molecular weight excluding hydrogens is 469 g/mol. The Bertz CT molecular complexity index is 1340. The lowest BCUT2D eigenvalue weighted by atomic mass is 10.1. The average Bonchev–Trinajstić information content (AvgIpc) is 2.68. The van der Waals surface area contributed by atoms with Crippen molar-refractivity contribution in [3.8, 4) is 11.5 Å². The standard InChI is InChI=1S/C21H16F5N3O3S/c1-11-15(8-9-17(22)28-11)32-16-7-6-14(21(24,25)26)19(23)18(16)20(30)29-12-4-3-5-13(10-12)33(2,27)31/h3-10,27H,1-2H3,(H,29,30)/t33-/m1/s1. The van der Waals surface area contributed by atoms with Crippen LogP contribution >= 0.6 is 0 Å². The van der Waals surface area contributed by atoms with E-state index in [1.54, 1.807) is 0 Å². The smallest absolute Gasteiger partial charge is 0.419 e. The second-order valence-corrected chi connectivity index (χ2v) is 9.10. The quantitative estimate of drug-likeness (QED) is 0.355. The van der Waals surface area contributed by atoms with E-state index in [-0.39, 0.29) is 22.0 Å². The van der Waals surface area contributed by atoms with Crippen molar-refractivity contribution in [2.45, 2.75) is 18.0 Å². The summed E-state index contributed by atoms with van der Waals surface area (Å²) in [6.45, 7) is 1.35. The van der Waals surface area contributed by atoms with Gasteiger partial charge >= 0.3 is 6.18 Å². The van der Waals surface area contributed by atoms with E-state index in [0.717, 1.165) is 24.5 Å². The first kappa shape index (κ1) is 24.1. The molecule has 2 aromatic carbocycles. The highest BCUT2D eigenvalue weighted by atomic mass is 32.2. The summed E-state index contributed by atoms with van der Waals surface area (Å²) in [6.07, 6.45) is -3.95. The highest BCUT2D eigenvalue weighted by molar-refractivity contribution is 7.91. The fourth-order valence-corrected chi connectivity index (χ4v) is 3.52. The van der Waals surface area contributed by atoms with Crippen LogP contribution in [0.25, 0.3) is 0 Å². The first-order valence-electron chi connectivity index (χ1n) is 9.13. The lowest BCUT2D eigenvalue weighted by Crippen LogP contribution is -2.19. The summed E-state index contributed by atoms with van der Waals surface area (Å²) in [6, 6.07) is 8.50. The number of alkyl halides is 3. The minimum Gasteiger partial charge on any atom is -0.455 e. The third-order valence-electron chi connectivity index (χ3n) is 4.40. The van der Waals surface area contributed by atoms with Crippen molar-refractivity contribution < 1.29 is 35.7 Å². The molecule has 174 valence electrons. The molecule has 0 spiro atoms. The molecule has 0 radical (unpaired) electrons. The summed E-state index contributed by atoms with van der Waals surface area (Å²) in [7, 11) is -3.15. The highest BCUT2D eigenvalue weighted by Gasteiger charge is 2.37. The Morgan fingerprint density at radius 2 is 1.76 bits per heavy atom. The van der Waals surface area contributed by atoms with Crippen LogP contribution in [0.5, 0.6) is 11.5 Å². The van der Waals surface area contributed by atoms with Gasteiger partial charge in [0.05, 0.1) is 21.0 Å². The zero-order chi connectivity index (χ0) is 24.6. The number of anilines is 1. The van der Waals surface area contributed by atoms with E-state index in [0.29, 0.717) is 6.07 Å². The van der Waals surface area contributed by atoms with Gasteiger partial charge in [-0.25, -0.2) is 18.4 Å². The molecule has 1 aromatic heterocycles. The number of aromatic nitrogens is 1. The zero-order valence-corrected chi connectivity index (χ0v) is 17.9. The summed E-state index contributed by atoms with van der Waals surface area (Å²) in [5.74, 6) is -4.66. The van der Waals surface area contributed by atoms with E-state index in [1.165, 1.54) is 31.2 Å². The zero-order valence-electron chi connectivity index (χ0n) is 17.1. The molecule has 0 saturated heterocycles. The molecule has 6 nitrogen and oxygen atoms in total. The molecule has 0 unspecified atom stereocenters. The van der Waals surface area contributed by atoms with Crippen LogP contribution in [0, 0.1) is 23.5 Å². The molecule has 0 fully saturated rings. The van der Waals surface area contributed by atoms with E-state index in [9.17, 15) is 31.0 Å². The number of hydrogen-bond acceptors (Lipinski definition) is 5. The summed E-state index contributed by atoms with van der Waals surface area (Å²) in [5, 5.41) is 2.23. The molecule has 1 heterocycles. The molecule has 33 heavy (non-hydrogen) atoms. The number of carbonyl (C=O) groups excluding carboxylic acids is 1. The normalized spacial score (nSPS) is 13.3. The first-order chi connectivity index (χ1) is 15.3. The van der Waals surface area contributed by atoms with Crippen LogP contribution in [0.1, 0.15) is 21.6 Å². The largest absolute Gasteiger partial charge is 0.455 e. The van der Waals surface area contributed by atoms with Gasteiger partial charge in [0.1, 0.15) is 17.1 Å². The number of amides is 1. The lowest BCUT2D eigenvalue weighted by molar-refractivity contribution is -0.140. The fraction of sp³-hybridized carbons (Fsp3) is 0.143. The van der Waals surface area contributed by atoms with Crippen molar-refractivity contribution in [3.05, 3.63) is 77.1 Å².